The molecule has 0 atom stereocenters. The van der Waals surface area contributed by atoms with Crippen LogP contribution in [0.1, 0.15) is 16.7 Å². The predicted octanol–water partition coefficient (Wildman–Crippen LogP) is 2.10. The first-order valence-corrected chi connectivity index (χ1v) is 6.63. The van der Waals surface area contributed by atoms with Crippen LogP contribution in [0.25, 0.3) is 0 Å². The van der Waals surface area contributed by atoms with Crippen LogP contribution in [0.15, 0.2) is 12.1 Å². The van der Waals surface area contributed by atoms with Gasteiger partial charge in [0.05, 0.1) is 0 Å². The Bertz CT molecular complexity index is 269. The molecule has 0 aromatic heterocycles. The smallest absolute Gasteiger partial charge is 0.336 e. The van der Waals surface area contributed by atoms with Gasteiger partial charge in [0.2, 0.25) is 0 Å². The van der Waals surface area contributed by atoms with E-state index in [2.05, 4.69) is 32.9 Å². The van der Waals surface area contributed by atoms with Crippen molar-refractivity contribution in [1.82, 2.24) is 0 Å². The average molecular weight is 179 g/mol. The van der Waals surface area contributed by atoms with Crippen molar-refractivity contribution in [2.45, 2.75) is 20.8 Å². The van der Waals surface area contributed by atoms with Gasteiger partial charge < -0.3 is 9.07 Å². The van der Waals surface area contributed by atoms with E-state index in [1.54, 1.807) is 0 Å². The number of hydrogen-bond donors (Lipinski definition) is 0. The molecule has 11 heavy (non-hydrogen) atoms. The van der Waals surface area contributed by atoms with Crippen LogP contribution in [0.4, 0.5) is 0 Å². The Morgan fingerprint density at radius 1 is 1.09 bits per heavy atom. The third kappa shape index (κ3) is 1.89. The summed E-state index contributed by atoms with van der Waals surface area (Å²) in [5.74, 6) is 0. The minimum Gasteiger partial charge on any atom is -0.336 e. The molecule has 0 unspecified atom stereocenters. The largest absolute Gasteiger partial charge is 0.538 e. The van der Waals surface area contributed by atoms with Crippen molar-refractivity contribution in [2.75, 3.05) is 0 Å². The Hall–Kier alpha value is 0.276. The lowest BCUT2D eigenvalue weighted by molar-refractivity contribution is 1.28. The standard InChI is InChI=1S/C9H11.ClH.Mg/c1-7-5-4-6-8(2)9(7)3;;/h4-5H,1-3H3;1H;/q;;+1/p-1. The average Bonchev–Trinajstić information content (AvgIpc) is 2.01. The third-order valence-corrected chi connectivity index (χ3v) is 4.23. The zero-order valence-corrected chi connectivity index (χ0v) is 9.41. The van der Waals surface area contributed by atoms with Gasteiger partial charge in [0.1, 0.15) is 0 Å². The van der Waals surface area contributed by atoms with Gasteiger partial charge >= 0.3 is 19.3 Å². The molecule has 0 bridgehead atoms. The fourth-order valence-electron chi connectivity index (χ4n) is 1.16. The molecule has 1 rings (SSSR count). The molecule has 2 heteroatoms. The van der Waals surface area contributed by atoms with E-state index in [1.807, 2.05) is 0 Å². The van der Waals surface area contributed by atoms with E-state index in [1.165, 1.54) is 20.4 Å². The van der Waals surface area contributed by atoms with Crippen LogP contribution in [-0.4, -0.2) is 19.3 Å². The first-order valence-electron chi connectivity index (χ1n) is 3.78. The van der Waals surface area contributed by atoms with E-state index in [0.717, 1.165) is 0 Å². The van der Waals surface area contributed by atoms with Crippen molar-refractivity contribution in [3.05, 3.63) is 28.8 Å². The lowest BCUT2D eigenvalue weighted by Gasteiger charge is -2.08. The van der Waals surface area contributed by atoms with E-state index in [-0.39, 0.29) is 0 Å². The second-order valence-corrected chi connectivity index (χ2v) is 4.76. The molecule has 0 amide bonds. The van der Waals surface area contributed by atoms with Crippen LogP contribution >= 0.6 is 9.07 Å². The molecule has 1 aromatic rings. The lowest BCUT2D eigenvalue weighted by atomic mass is 10.1. The van der Waals surface area contributed by atoms with Crippen molar-refractivity contribution in [2.24, 2.45) is 0 Å². The molecule has 0 aliphatic carbocycles. The Morgan fingerprint density at radius 3 is 2.27 bits per heavy atom. The van der Waals surface area contributed by atoms with Gasteiger partial charge in [-0.2, -0.15) is 0 Å². The molecule has 0 fully saturated rings. The maximum absolute atomic E-state index is 5.90. The molecule has 56 valence electrons. The highest BCUT2D eigenvalue weighted by molar-refractivity contribution is 7.01. The van der Waals surface area contributed by atoms with Gasteiger partial charge in [-0.05, 0) is 31.9 Å². The molecule has 0 heterocycles. The Labute approximate surface area is 81.5 Å². The fourth-order valence-corrected chi connectivity index (χ4v) is 2.70. The van der Waals surface area contributed by atoms with Crippen molar-refractivity contribution in [1.29, 1.82) is 0 Å². The normalized spacial score (nSPS) is 9.45. The fraction of sp³-hybridized carbons (Fsp3) is 0.333. The maximum atomic E-state index is 5.90. The van der Waals surface area contributed by atoms with Gasteiger partial charge in [-0.25, -0.2) is 0 Å². The van der Waals surface area contributed by atoms with Crippen molar-refractivity contribution >= 4 is 32.0 Å². The summed E-state index contributed by atoms with van der Waals surface area (Å²) in [4.78, 5) is 0. The summed E-state index contributed by atoms with van der Waals surface area (Å²) in [5.41, 5.74) is 4.16. The quantitative estimate of drug-likeness (QED) is 0.579. The van der Waals surface area contributed by atoms with Gasteiger partial charge in [0.25, 0.3) is 0 Å². The summed E-state index contributed by atoms with van der Waals surface area (Å²) in [6, 6.07) is 4.32. The molecule has 0 spiro atoms. The topological polar surface area (TPSA) is 0 Å². The van der Waals surface area contributed by atoms with Crippen molar-refractivity contribution in [3.63, 3.8) is 0 Å². The highest BCUT2D eigenvalue weighted by atomic mass is 35.5. The van der Waals surface area contributed by atoms with Gasteiger partial charge in [-0.3, -0.25) is 0 Å². The first kappa shape index (κ1) is 9.36. The summed E-state index contributed by atoms with van der Waals surface area (Å²) in [7, 11) is 5.90. The van der Waals surface area contributed by atoms with Gasteiger partial charge in [0.15, 0.2) is 0 Å². The number of benzene rings is 1. The Morgan fingerprint density at radius 2 is 1.73 bits per heavy atom. The number of halogens is 1. The maximum Gasteiger partial charge on any atom is 0.538 e. The molecule has 0 aliphatic rings. The molecule has 0 saturated heterocycles. The molecule has 0 saturated carbocycles. The van der Waals surface area contributed by atoms with Crippen LogP contribution in [0.3, 0.4) is 0 Å². The number of hydrogen-bond acceptors (Lipinski definition) is 0. The SMILES string of the molecule is Cc1cc[c]([Mg][Cl])c(C)c1C. The number of aryl methyl sites for hydroxylation is 1. The van der Waals surface area contributed by atoms with Gasteiger partial charge in [-0.1, -0.05) is 17.7 Å². The Kier molecular flexibility index (Phi) is 3.23. The monoisotopic (exact) mass is 178 g/mol. The van der Waals surface area contributed by atoms with Crippen LogP contribution < -0.4 is 3.69 Å². The van der Waals surface area contributed by atoms with Gasteiger partial charge in [0, 0.05) is 0 Å². The van der Waals surface area contributed by atoms with E-state index in [9.17, 15) is 0 Å². The van der Waals surface area contributed by atoms with Crippen molar-refractivity contribution in [3.8, 4) is 0 Å². The summed E-state index contributed by atoms with van der Waals surface area (Å²) < 4.78 is 1.38. The zero-order valence-electron chi connectivity index (χ0n) is 7.24. The first-order chi connectivity index (χ1) is 5.16. The second-order valence-electron chi connectivity index (χ2n) is 2.93. The van der Waals surface area contributed by atoms with Gasteiger partial charge in [-0.15, -0.1) is 3.69 Å². The van der Waals surface area contributed by atoms with Crippen LogP contribution in [0.5, 0.6) is 0 Å². The van der Waals surface area contributed by atoms with E-state index < -0.39 is 19.3 Å². The molecule has 1 aromatic carbocycles. The minimum atomic E-state index is -0.503. The van der Waals surface area contributed by atoms with E-state index in [0.29, 0.717) is 0 Å². The summed E-state index contributed by atoms with van der Waals surface area (Å²) >= 11 is -0.503. The predicted molar refractivity (Wildman–Crippen MR) is 51.9 cm³/mol. The molecule has 0 nitrogen and oxygen atoms in total. The summed E-state index contributed by atoms with van der Waals surface area (Å²) in [5, 5.41) is 0. The minimum absolute atomic E-state index is 0.503. The number of rotatable bonds is 1. The third-order valence-electron chi connectivity index (χ3n) is 2.31. The van der Waals surface area contributed by atoms with Crippen molar-refractivity contribution < 1.29 is 0 Å². The highest BCUT2D eigenvalue weighted by Gasteiger charge is 2.03. The lowest BCUT2D eigenvalue weighted by Crippen LogP contribution is -2.14. The molecular weight excluding hydrogens is 168 g/mol. The second kappa shape index (κ2) is 3.79. The molecule has 0 radical (unpaired) electrons. The van der Waals surface area contributed by atoms with E-state index in [4.69, 9.17) is 9.07 Å². The summed E-state index contributed by atoms with van der Waals surface area (Å²) in [6.45, 7) is 6.46. The van der Waals surface area contributed by atoms with Crippen LogP contribution in [-0.2, 0) is 0 Å². The van der Waals surface area contributed by atoms with Crippen LogP contribution in [0, 0.1) is 20.8 Å². The molecule has 0 aliphatic heterocycles. The molecule has 0 N–H and O–H groups in total. The molecular formula is C9H11ClMg. The van der Waals surface area contributed by atoms with Crippen LogP contribution in [0.2, 0.25) is 0 Å². The highest BCUT2D eigenvalue weighted by Crippen LogP contribution is 2.09. The van der Waals surface area contributed by atoms with E-state index >= 15 is 0 Å². The zero-order chi connectivity index (χ0) is 8.43. The summed E-state index contributed by atoms with van der Waals surface area (Å²) in [6.07, 6.45) is 0. The Balaban J connectivity index is 3.25.